The van der Waals surface area contributed by atoms with Gasteiger partial charge in [-0.2, -0.15) is 0 Å². The van der Waals surface area contributed by atoms with Gasteiger partial charge in [-0.1, -0.05) is 37.0 Å². The summed E-state index contributed by atoms with van der Waals surface area (Å²) in [5, 5.41) is 0.990. The Labute approximate surface area is 163 Å². The first-order chi connectivity index (χ1) is 12.5. The smallest absolute Gasteiger partial charge is 0.201 e. The summed E-state index contributed by atoms with van der Waals surface area (Å²) in [5.41, 5.74) is 10.7. The molecule has 0 fully saturated rings. The SMILES string of the molecule is CCCN(CCC)c1ccc(-c2c(Cl)cncc2Cl)c2nc(N)n(C)c12. The Balaban J connectivity index is 2.30. The highest BCUT2D eigenvalue weighted by Gasteiger charge is 2.20. The fourth-order valence-corrected chi connectivity index (χ4v) is 3.90. The van der Waals surface area contributed by atoms with Crippen molar-refractivity contribution in [3.8, 4) is 11.1 Å². The molecule has 2 aromatic heterocycles. The van der Waals surface area contributed by atoms with Crippen molar-refractivity contribution in [2.24, 2.45) is 7.05 Å². The Bertz CT molecular complexity index is 909. The van der Waals surface area contributed by atoms with Gasteiger partial charge in [0.25, 0.3) is 0 Å². The van der Waals surface area contributed by atoms with Gasteiger partial charge in [0, 0.05) is 43.7 Å². The zero-order valence-corrected chi connectivity index (χ0v) is 16.8. The molecule has 0 saturated heterocycles. The molecule has 5 nitrogen and oxygen atoms in total. The summed E-state index contributed by atoms with van der Waals surface area (Å²) in [6, 6.07) is 4.13. The standard InChI is InChI=1S/C19H23Cl2N5/c1-4-8-26(9-5-2)15-7-6-12(16-13(20)10-23-11-14(16)21)17-18(15)25(3)19(22)24-17/h6-7,10-11H,4-5,8-9H2,1-3H3,(H2,22,24). The molecule has 26 heavy (non-hydrogen) atoms. The molecule has 7 heteroatoms. The van der Waals surface area contributed by atoms with Crippen LogP contribution in [0.15, 0.2) is 24.5 Å². The van der Waals surface area contributed by atoms with E-state index in [0.29, 0.717) is 16.0 Å². The number of hydrogen-bond acceptors (Lipinski definition) is 4. The van der Waals surface area contributed by atoms with Crippen LogP contribution in [-0.2, 0) is 7.05 Å². The topological polar surface area (TPSA) is 60.0 Å². The van der Waals surface area contributed by atoms with Gasteiger partial charge in [0.15, 0.2) is 0 Å². The number of nitrogens with two attached hydrogens (primary N) is 1. The summed E-state index contributed by atoms with van der Waals surface area (Å²) in [4.78, 5) is 11.0. The molecule has 0 aliphatic carbocycles. The average molecular weight is 392 g/mol. The van der Waals surface area contributed by atoms with E-state index in [1.54, 1.807) is 12.4 Å². The van der Waals surface area contributed by atoms with Crippen LogP contribution in [0.2, 0.25) is 10.0 Å². The van der Waals surface area contributed by atoms with E-state index in [1.165, 1.54) is 0 Å². The lowest BCUT2D eigenvalue weighted by molar-refractivity contribution is 0.745. The fraction of sp³-hybridized carbons (Fsp3) is 0.368. The number of anilines is 2. The first-order valence-electron chi connectivity index (χ1n) is 8.78. The maximum atomic E-state index is 6.39. The molecular formula is C19H23Cl2N5. The maximum Gasteiger partial charge on any atom is 0.201 e. The molecular weight excluding hydrogens is 369 g/mol. The Kier molecular flexibility index (Phi) is 5.58. The third-order valence-electron chi connectivity index (χ3n) is 4.49. The van der Waals surface area contributed by atoms with Crippen molar-refractivity contribution in [2.75, 3.05) is 23.7 Å². The molecule has 2 heterocycles. The molecule has 0 aliphatic rings. The van der Waals surface area contributed by atoms with Crippen LogP contribution < -0.4 is 10.6 Å². The third-order valence-corrected chi connectivity index (χ3v) is 5.06. The number of halogens is 2. The summed E-state index contributed by atoms with van der Waals surface area (Å²) in [6.07, 6.45) is 5.32. The second-order valence-electron chi connectivity index (χ2n) is 6.32. The summed E-state index contributed by atoms with van der Waals surface area (Å²) in [7, 11) is 1.93. The van der Waals surface area contributed by atoms with Gasteiger partial charge in [0.2, 0.25) is 5.95 Å². The van der Waals surface area contributed by atoms with Crippen LogP contribution in [0.25, 0.3) is 22.2 Å². The largest absolute Gasteiger partial charge is 0.370 e. The van der Waals surface area contributed by atoms with Crippen molar-refractivity contribution < 1.29 is 0 Å². The summed E-state index contributed by atoms with van der Waals surface area (Å²) in [6.45, 7) is 6.32. The van der Waals surface area contributed by atoms with Gasteiger partial charge < -0.3 is 15.2 Å². The summed E-state index contributed by atoms with van der Waals surface area (Å²) in [5.74, 6) is 0.461. The quantitative estimate of drug-likeness (QED) is 0.630. The number of aromatic nitrogens is 3. The minimum absolute atomic E-state index is 0.461. The number of rotatable bonds is 6. The van der Waals surface area contributed by atoms with E-state index in [2.05, 4.69) is 34.8 Å². The normalized spacial score (nSPS) is 11.3. The van der Waals surface area contributed by atoms with Gasteiger partial charge in [-0.05, 0) is 25.0 Å². The van der Waals surface area contributed by atoms with Gasteiger partial charge in [-0.15, -0.1) is 0 Å². The highest BCUT2D eigenvalue weighted by atomic mass is 35.5. The number of nitrogens with zero attached hydrogens (tertiary/aromatic N) is 4. The lowest BCUT2D eigenvalue weighted by atomic mass is 10.0. The molecule has 3 aromatic rings. The summed E-state index contributed by atoms with van der Waals surface area (Å²) < 4.78 is 1.93. The lowest BCUT2D eigenvalue weighted by Gasteiger charge is -2.25. The van der Waals surface area contributed by atoms with Crippen LogP contribution in [-0.4, -0.2) is 27.6 Å². The Morgan fingerprint density at radius 1 is 1.08 bits per heavy atom. The molecule has 0 amide bonds. The van der Waals surface area contributed by atoms with E-state index in [0.717, 1.165) is 53.8 Å². The van der Waals surface area contributed by atoms with Crippen LogP contribution in [0.3, 0.4) is 0 Å². The van der Waals surface area contributed by atoms with E-state index in [1.807, 2.05) is 17.7 Å². The van der Waals surface area contributed by atoms with E-state index < -0.39 is 0 Å². The van der Waals surface area contributed by atoms with Crippen molar-refractivity contribution in [3.05, 3.63) is 34.6 Å². The minimum Gasteiger partial charge on any atom is -0.370 e. The first kappa shape index (κ1) is 18.8. The van der Waals surface area contributed by atoms with Gasteiger partial charge in [0.05, 0.1) is 21.2 Å². The lowest BCUT2D eigenvalue weighted by Crippen LogP contribution is -2.25. The molecule has 0 spiro atoms. The fourth-order valence-electron chi connectivity index (χ4n) is 3.34. The minimum atomic E-state index is 0.461. The molecule has 138 valence electrons. The van der Waals surface area contributed by atoms with Crippen LogP contribution in [0, 0.1) is 0 Å². The second-order valence-corrected chi connectivity index (χ2v) is 7.14. The molecule has 0 aliphatic heterocycles. The van der Waals surface area contributed by atoms with Gasteiger partial charge in [-0.25, -0.2) is 4.98 Å². The molecule has 0 unspecified atom stereocenters. The molecule has 0 radical (unpaired) electrons. The number of imidazole rings is 1. The van der Waals surface area contributed by atoms with E-state index >= 15 is 0 Å². The highest BCUT2D eigenvalue weighted by Crippen LogP contribution is 2.41. The monoisotopic (exact) mass is 391 g/mol. The molecule has 0 bridgehead atoms. The van der Waals surface area contributed by atoms with Crippen LogP contribution >= 0.6 is 23.2 Å². The zero-order chi connectivity index (χ0) is 18.8. The average Bonchev–Trinajstić information content (AvgIpc) is 2.90. The van der Waals surface area contributed by atoms with Gasteiger partial charge in [0.1, 0.15) is 5.52 Å². The molecule has 0 atom stereocenters. The number of nitrogen functional groups attached to an aromatic ring is 1. The van der Waals surface area contributed by atoms with Crippen LogP contribution in [0.5, 0.6) is 0 Å². The third kappa shape index (κ3) is 3.21. The second kappa shape index (κ2) is 7.72. The number of pyridine rings is 1. The van der Waals surface area contributed by atoms with Crippen molar-refractivity contribution in [3.63, 3.8) is 0 Å². The predicted octanol–water partition coefficient (Wildman–Crippen LogP) is 5.15. The van der Waals surface area contributed by atoms with E-state index in [-0.39, 0.29) is 0 Å². The van der Waals surface area contributed by atoms with Crippen LogP contribution in [0.4, 0.5) is 11.6 Å². The number of benzene rings is 1. The molecule has 3 rings (SSSR count). The van der Waals surface area contributed by atoms with E-state index in [4.69, 9.17) is 28.9 Å². The highest BCUT2D eigenvalue weighted by molar-refractivity contribution is 6.39. The van der Waals surface area contributed by atoms with Gasteiger partial charge >= 0.3 is 0 Å². The summed E-state index contributed by atoms with van der Waals surface area (Å²) >= 11 is 12.8. The van der Waals surface area contributed by atoms with Crippen LogP contribution in [0.1, 0.15) is 26.7 Å². The number of hydrogen-bond donors (Lipinski definition) is 1. The van der Waals surface area contributed by atoms with Gasteiger partial charge in [-0.3, -0.25) is 4.98 Å². The number of aryl methyl sites for hydroxylation is 1. The molecule has 1 aromatic carbocycles. The Hall–Kier alpha value is -1.98. The van der Waals surface area contributed by atoms with Crippen molar-refractivity contribution in [2.45, 2.75) is 26.7 Å². The predicted molar refractivity (Wildman–Crippen MR) is 111 cm³/mol. The molecule has 0 saturated carbocycles. The maximum absolute atomic E-state index is 6.39. The van der Waals surface area contributed by atoms with Crippen molar-refractivity contribution in [1.29, 1.82) is 0 Å². The number of fused-ring (bicyclic) bond motifs is 1. The Morgan fingerprint density at radius 2 is 1.69 bits per heavy atom. The Morgan fingerprint density at radius 3 is 2.27 bits per heavy atom. The first-order valence-corrected chi connectivity index (χ1v) is 9.54. The van der Waals surface area contributed by atoms with Crippen molar-refractivity contribution >= 4 is 45.9 Å². The van der Waals surface area contributed by atoms with E-state index in [9.17, 15) is 0 Å². The van der Waals surface area contributed by atoms with Crippen molar-refractivity contribution in [1.82, 2.24) is 14.5 Å². The zero-order valence-electron chi connectivity index (χ0n) is 15.3. The molecule has 2 N–H and O–H groups in total.